The van der Waals surface area contributed by atoms with E-state index in [2.05, 4.69) is 4.74 Å². The first-order chi connectivity index (χ1) is 13.6. The van der Waals surface area contributed by atoms with Gasteiger partial charge >= 0.3 is 5.97 Å². The molecule has 1 fully saturated rings. The number of ether oxygens (including phenoxy) is 1. The molecular weight excluding hydrogens is 420 g/mol. The number of methoxy groups -OCH3 is 1. The normalized spacial score (nSPS) is 16.0. The van der Waals surface area contributed by atoms with Crippen molar-refractivity contribution in [3.05, 3.63) is 29.4 Å². The Morgan fingerprint density at radius 3 is 2.72 bits per heavy atom. The van der Waals surface area contributed by atoms with Gasteiger partial charge in [-0.3, -0.25) is 14.5 Å². The summed E-state index contributed by atoms with van der Waals surface area (Å²) in [5.41, 5.74) is 0.133. The second kappa shape index (κ2) is 9.17. The molecular formula is C17H20N4O6S2. The van der Waals surface area contributed by atoms with Crippen molar-refractivity contribution in [2.75, 3.05) is 33.5 Å². The number of sulfonamides is 1. The van der Waals surface area contributed by atoms with Gasteiger partial charge in [0.1, 0.15) is 23.8 Å². The minimum Gasteiger partial charge on any atom is -0.468 e. The lowest BCUT2D eigenvalue weighted by Crippen LogP contribution is -2.33. The maximum absolute atomic E-state index is 12.5. The fourth-order valence-electron chi connectivity index (χ4n) is 2.55. The molecule has 0 radical (unpaired) electrons. The van der Waals surface area contributed by atoms with E-state index in [0.29, 0.717) is 5.76 Å². The molecule has 0 bridgehead atoms. The van der Waals surface area contributed by atoms with Crippen LogP contribution in [-0.2, 0) is 30.9 Å². The Hall–Kier alpha value is -2.75. The number of carbonyl (C=O) groups is 2. The topological polar surface area (TPSA) is 124 Å². The van der Waals surface area contributed by atoms with E-state index in [1.165, 1.54) is 30.0 Å². The zero-order chi connectivity index (χ0) is 21.8. The van der Waals surface area contributed by atoms with E-state index in [1.54, 1.807) is 12.1 Å². The van der Waals surface area contributed by atoms with Crippen molar-refractivity contribution in [2.45, 2.75) is 13.0 Å². The Balaban J connectivity index is 2.27. The summed E-state index contributed by atoms with van der Waals surface area (Å²) in [4.78, 5) is 26.7. The van der Waals surface area contributed by atoms with E-state index >= 15 is 0 Å². The number of hydrogen-bond acceptors (Lipinski definition) is 8. The smallest absolute Gasteiger partial charge is 0.325 e. The lowest BCUT2D eigenvalue weighted by molar-refractivity contribution is -0.140. The van der Waals surface area contributed by atoms with Crippen molar-refractivity contribution in [3.63, 3.8) is 0 Å². The molecule has 1 aliphatic heterocycles. The number of amides is 1. The third kappa shape index (κ3) is 5.41. The molecule has 0 N–H and O–H groups in total. The van der Waals surface area contributed by atoms with Crippen molar-refractivity contribution >= 4 is 45.3 Å². The highest BCUT2D eigenvalue weighted by atomic mass is 32.2. The molecule has 156 valence electrons. The van der Waals surface area contributed by atoms with Gasteiger partial charge in [-0.15, -0.1) is 0 Å². The molecule has 0 spiro atoms. The monoisotopic (exact) mass is 440 g/mol. The second-order valence-corrected chi connectivity index (χ2v) is 8.49. The molecule has 2 heterocycles. The molecule has 12 heteroatoms. The van der Waals surface area contributed by atoms with Crippen LogP contribution in [-0.4, -0.2) is 73.0 Å². The molecule has 1 aliphatic rings. The maximum Gasteiger partial charge on any atom is 0.325 e. The largest absolute Gasteiger partial charge is 0.468 e. The first-order valence-electron chi connectivity index (χ1n) is 8.37. The van der Waals surface area contributed by atoms with Crippen LogP contribution < -0.4 is 0 Å². The van der Waals surface area contributed by atoms with Crippen LogP contribution in [0.4, 0.5) is 0 Å². The lowest BCUT2D eigenvalue weighted by Gasteiger charge is -2.17. The summed E-state index contributed by atoms with van der Waals surface area (Å²) in [6.45, 7) is -0.250. The summed E-state index contributed by atoms with van der Waals surface area (Å²) < 4.78 is 35.1. The quantitative estimate of drug-likeness (QED) is 0.323. The Morgan fingerprint density at radius 1 is 1.45 bits per heavy atom. The lowest BCUT2D eigenvalue weighted by atomic mass is 10.3. The molecule has 0 unspecified atom stereocenters. The first kappa shape index (κ1) is 22.5. The van der Waals surface area contributed by atoms with Crippen LogP contribution in [0.1, 0.15) is 17.9 Å². The van der Waals surface area contributed by atoms with Gasteiger partial charge < -0.3 is 14.1 Å². The van der Waals surface area contributed by atoms with Crippen LogP contribution in [0, 0.1) is 11.3 Å². The molecule has 29 heavy (non-hydrogen) atoms. The van der Waals surface area contributed by atoms with E-state index in [0.717, 1.165) is 10.6 Å². The summed E-state index contributed by atoms with van der Waals surface area (Å²) >= 11 is 5.20. The van der Waals surface area contributed by atoms with Crippen LogP contribution in [0.15, 0.2) is 22.2 Å². The van der Waals surface area contributed by atoms with Crippen molar-refractivity contribution in [2.24, 2.45) is 0 Å². The standard InChI is InChI=1S/C17H20N4O6S2/c1-19-16(23)14(21(17(19)28)11-15(22)26-2)9-12-5-6-13(27-12)10-20(8-4-7-18)29(3,24)25/h5-6,9H,4,8,10-11H2,1-3H3/b14-9-. The fourth-order valence-corrected chi connectivity index (χ4v) is 3.58. The van der Waals surface area contributed by atoms with Crippen LogP contribution in [0.2, 0.25) is 0 Å². The molecule has 1 aromatic heterocycles. The average molecular weight is 441 g/mol. The molecule has 10 nitrogen and oxygen atoms in total. The summed E-state index contributed by atoms with van der Waals surface area (Å²) in [5.74, 6) is -0.363. The van der Waals surface area contributed by atoms with Crippen LogP contribution in [0.5, 0.6) is 0 Å². The Morgan fingerprint density at radius 2 is 2.14 bits per heavy atom. The first-order valence-corrected chi connectivity index (χ1v) is 10.6. The predicted molar refractivity (Wildman–Crippen MR) is 106 cm³/mol. The van der Waals surface area contributed by atoms with E-state index in [1.807, 2.05) is 6.07 Å². The van der Waals surface area contributed by atoms with Gasteiger partial charge in [0.05, 0.1) is 26.0 Å². The highest BCUT2D eigenvalue weighted by molar-refractivity contribution is 7.88. The summed E-state index contributed by atoms with van der Waals surface area (Å²) in [7, 11) is -0.808. The van der Waals surface area contributed by atoms with Gasteiger partial charge in [-0.2, -0.15) is 9.57 Å². The minimum atomic E-state index is -3.53. The average Bonchev–Trinajstić information content (AvgIpc) is 3.18. The molecule has 0 aliphatic carbocycles. The summed E-state index contributed by atoms with van der Waals surface area (Å²) in [5, 5.41) is 8.85. The van der Waals surface area contributed by atoms with Gasteiger partial charge in [0, 0.05) is 26.1 Å². The molecule has 0 saturated carbocycles. The molecule has 1 amide bonds. The Bertz CT molecular complexity index is 992. The number of esters is 1. The van der Waals surface area contributed by atoms with Crippen molar-refractivity contribution in [1.82, 2.24) is 14.1 Å². The minimum absolute atomic E-state index is 0.0386. The highest BCUT2D eigenvalue weighted by Crippen LogP contribution is 2.24. The summed E-state index contributed by atoms with van der Waals surface area (Å²) in [6, 6.07) is 5.04. The Kier molecular flexibility index (Phi) is 7.12. The van der Waals surface area contributed by atoms with E-state index in [4.69, 9.17) is 21.9 Å². The number of likely N-dealkylation sites (N-methyl/N-ethyl adjacent to an activating group) is 1. The van der Waals surface area contributed by atoms with Gasteiger partial charge in [-0.25, -0.2) is 8.42 Å². The SMILES string of the molecule is COC(=O)CN1C(=S)N(C)C(=O)/C1=C/c1ccc(CN(CCC#N)S(C)(=O)=O)o1. The van der Waals surface area contributed by atoms with Gasteiger partial charge in [0.2, 0.25) is 10.0 Å². The number of nitrogens with zero attached hydrogens (tertiary/aromatic N) is 4. The number of carbonyl (C=O) groups excluding carboxylic acids is 2. The third-order valence-electron chi connectivity index (χ3n) is 4.08. The second-order valence-electron chi connectivity index (χ2n) is 6.15. The van der Waals surface area contributed by atoms with E-state index in [-0.39, 0.29) is 42.6 Å². The van der Waals surface area contributed by atoms with Gasteiger partial charge in [-0.1, -0.05) is 0 Å². The molecule has 2 rings (SSSR count). The van der Waals surface area contributed by atoms with Crippen LogP contribution >= 0.6 is 12.2 Å². The van der Waals surface area contributed by atoms with E-state index < -0.39 is 21.9 Å². The van der Waals surface area contributed by atoms with Gasteiger partial charge in [0.25, 0.3) is 5.91 Å². The number of hydrogen-bond donors (Lipinski definition) is 0. The fraction of sp³-hybridized carbons (Fsp3) is 0.412. The molecule has 0 atom stereocenters. The molecule has 0 aromatic carbocycles. The van der Waals surface area contributed by atoms with Crippen LogP contribution in [0.25, 0.3) is 6.08 Å². The van der Waals surface area contributed by atoms with Crippen molar-refractivity contribution in [1.29, 1.82) is 5.26 Å². The summed E-state index contributed by atoms with van der Waals surface area (Å²) in [6.07, 6.45) is 2.52. The number of furan rings is 1. The number of rotatable bonds is 8. The predicted octanol–water partition coefficient (Wildman–Crippen LogP) is 0.528. The van der Waals surface area contributed by atoms with E-state index in [9.17, 15) is 18.0 Å². The zero-order valence-electron chi connectivity index (χ0n) is 16.1. The number of thiocarbonyl (C=S) groups is 1. The van der Waals surface area contributed by atoms with Gasteiger partial charge in [0.15, 0.2) is 5.11 Å². The molecule has 1 aromatic rings. The maximum atomic E-state index is 12.5. The van der Waals surface area contributed by atoms with Gasteiger partial charge in [-0.05, 0) is 24.4 Å². The zero-order valence-corrected chi connectivity index (χ0v) is 17.7. The third-order valence-corrected chi connectivity index (χ3v) is 5.83. The van der Waals surface area contributed by atoms with Crippen LogP contribution in [0.3, 0.4) is 0 Å². The molecule has 1 saturated heterocycles. The Labute approximate surface area is 174 Å². The van der Waals surface area contributed by atoms with Crippen molar-refractivity contribution < 1.29 is 27.2 Å². The highest BCUT2D eigenvalue weighted by Gasteiger charge is 2.37. The number of nitriles is 1. The van der Waals surface area contributed by atoms with Crippen molar-refractivity contribution in [3.8, 4) is 6.07 Å².